The molecular weight excluding hydrogens is 238 g/mol. The van der Waals surface area contributed by atoms with E-state index in [-0.39, 0.29) is 5.91 Å². The van der Waals surface area contributed by atoms with E-state index in [4.69, 9.17) is 4.52 Å². The van der Waals surface area contributed by atoms with Crippen molar-refractivity contribution in [3.63, 3.8) is 0 Å². The van der Waals surface area contributed by atoms with E-state index < -0.39 is 0 Å². The third-order valence-corrected chi connectivity index (χ3v) is 3.69. The number of hydrogen-bond donors (Lipinski definition) is 0. The Kier molecular flexibility index (Phi) is 4.42. The summed E-state index contributed by atoms with van der Waals surface area (Å²) in [5.74, 6) is 3.57. The lowest BCUT2D eigenvalue weighted by Gasteiger charge is -2.26. The van der Waals surface area contributed by atoms with Crippen LogP contribution in [0.5, 0.6) is 0 Å². The Labute approximate surface area is 105 Å². The van der Waals surface area contributed by atoms with Gasteiger partial charge in [0.25, 0.3) is 0 Å². The molecule has 2 rings (SSSR count). The minimum atomic E-state index is 0.196. The smallest absolute Gasteiger partial charge is 0.227 e. The molecule has 0 bridgehead atoms. The van der Waals surface area contributed by atoms with Crippen molar-refractivity contribution in [2.45, 2.75) is 26.2 Å². The molecule has 1 aliphatic heterocycles. The molecule has 0 saturated carbocycles. The Morgan fingerprint density at radius 2 is 2.24 bits per heavy atom. The van der Waals surface area contributed by atoms with Crippen molar-refractivity contribution < 1.29 is 9.32 Å². The van der Waals surface area contributed by atoms with E-state index in [1.165, 1.54) is 0 Å². The molecule has 2 heterocycles. The number of carbonyl (C=O) groups excluding carboxylic acids is 1. The summed E-state index contributed by atoms with van der Waals surface area (Å²) in [5.41, 5.74) is 0. The molecule has 1 aromatic rings. The SMILES string of the molecule is CCc1noc(CCC(=O)N2CCSCC2)n1. The van der Waals surface area contributed by atoms with Gasteiger partial charge in [0.05, 0.1) is 0 Å². The van der Waals surface area contributed by atoms with Gasteiger partial charge in [-0.05, 0) is 0 Å². The molecule has 94 valence electrons. The lowest BCUT2D eigenvalue weighted by molar-refractivity contribution is -0.130. The molecule has 0 radical (unpaired) electrons. The molecule has 6 heteroatoms. The zero-order valence-electron chi connectivity index (χ0n) is 10.0. The topological polar surface area (TPSA) is 59.2 Å². The molecule has 0 atom stereocenters. The molecule has 1 amide bonds. The summed E-state index contributed by atoms with van der Waals surface area (Å²) in [7, 11) is 0. The number of aryl methyl sites for hydroxylation is 2. The van der Waals surface area contributed by atoms with Gasteiger partial charge in [-0.25, -0.2) is 0 Å². The summed E-state index contributed by atoms with van der Waals surface area (Å²) >= 11 is 1.90. The van der Waals surface area contributed by atoms with E-state index in [0.717, 1.165) is 31.0 Å². The van der Waals surface area contributed by atoms with Crippen LogP contribution in [0.2, 0.25) is 0 Å². The molecule has 1 aliphatic rings. The first kappa shape index (κ1) is 12.4. The number of amides is 1. The maximum Gasteiger partial charge on any atom is 0.227 e. The monoisotopic (exact) mass is 255 g/mol. The van der Waals surface area contributed by atoms with E-state index in [1.54, 1.807) is 0 Å². The van der Waals surface area contributed by atoms with Crippen LogP contribution >= 0.6 is 11.8 Å². The van der Waals surface area contributed by atoms with Crippen molar-refractivity contribution in [2.24, 2.45) is 0 Å². The maximum absolute atomic E-state index is 11.9. The predicted octanol–water partition coefficient (Wildman–Crippen LogP) is 1.14. The van der Waals surface area contributed by atoms with Crippen LogP contribution in [0.4, 0.5) is 0 Å². The van der Waals surface area contributed by atoms with Crippen molar-refractivity contribution >= 4 is 17.7 Å². The summed E-state index contributed by atoms with van der Waals surface area (Å²) < 4.78 is 5.06. The van der Waals surface area contributed by atoms with E-state index in [9.17, 15) is 4.79 Å². The number of aromatic nitrogens is 2. The Hall–Kier alpha value is -1.04. The molecule has 0 N–H and O–H groups in total. The second-order valence-corrected chi connectivity index (χ2v) is 5.18. The lowest BCUT2D eigenvalue weighted by atomic mass is 10.2. The second-order valence-electron chi connectivity index (χ2n) is 3.95. The summed E-state index contributed by atoms with van der Waals surface area (Å²) in [5, 5.41) is 3.81. The van der Waals surface area contributed by atoms with Gasteiger partial charge >= 0.3 is 0 Å². The molecule has 1 saturated heterocycles. The number of rotatable bonds is 4. The van der Waals surface area contributed by atoms with Crippen LogP contribution in [-0.2, 0) is 17.6 Å². The first-order valence-corrected chi connectivity index (χ1v) is 7.12. The average Bonchev–Trinajstić information content (AvgIpc) is 2.85. The highest BCUT2D eigenvalue weighted by Crippen LogP contribution is 2.11. The van der Waals surface area contributed by atoms with E-state index in [1.807, 2.05) is 23.6 Å². The number of hydrogen-bond acceptors (Lipinski definition) is 5. The largest absolute Gasteiger partial charge is 0.341 e. The zero-order valence-corrected chi connectivity index (χ0v) is 10.8. The molecule has 5 nitrogen and oxygen atoms in total. The van der Waals surface area contributed by atoms with Gasteiger partial charge in [-0.1, -0.05) is 12.1 Å². The Bertz CT molecular complexity index is 375. The van der Waals surface area contributed by atoms with Crippen LogP contribution in [0, 0.1) is 0 Å². The lowest BCUT2D eigenvalue weighted by Crippen LogP contribution is -2.37. The molecule has 0 spiro atoms. The van der Waals surface area contributed by atoms with Gasteiger partial charge in [-0.3, -0.25) is 4.79 Å². The molecule has 1 aromatic heterocycles. The maximum atomic E-state index is 11.9. The quantitative estimate of drug-likeness (QED) is 0.807. The highest BCUT2D eigenvalue weighted by atomic mass is 32.2. The fraction of sp³-hybridized carbons (Fsp3) is 0.727. The van der Waals surface area contributed by atoms with Gasteiger partial charge in [-0.15, -0.1) is 0 Å². The average molecular weight is 255 g/mol. The van der Waals surface area contributed by atoms with Crippen LogP contribution < -0.4 is 0 Å². The van der Waals surface area contributed by atoms with Gasteiger partial charge in [0.1, 0.15) is 0 Å². The highest BCUT2D eigenvalue weighted by Gasteiger charge is 2.17. The second kappa shape index (κ2) is 6.05. The van der Waals surface area contributed by atoms with Gasteiger partial charge < -0.3 is 9.42 Å². The fourth-order valence-electron chi connectivity index (χ4n) is 1.72. The number of thioether (sulfide) groups is 1. The molecule has 1 fully saturated rings. The molecule has 0 unspecified atom stereocenters. The summed E-state index contributed by atoms with van der Waals surface area (Å²) in [6, 6.07) is 0. The predicted molar refractivity (Wildman–Crippen MR) is 65.9 cm³/mol. The van der Waals surface area contributed by atoms with Gasteiger partial charge in [-0.2, -0.15) is 16.7 Å². The van der Waals surface area contributed by atoms with Crippen LogP contribution in [0.3, 0.4) is 0 Å². The van der Waals surface area contributed by atoms with Gasteiger partial charge in [0.2, 0.25) is 11.8 Å². The highest BCUT2D eigenvalue weighted by molar-refractivity contribution is 7.99. The summed E-state index contributed by atoms with van der Waals surface area (Å²) in [6.45, 7) is 3.71. The molecule has 17 heavy (non-hydrogen) atoms. The summed E-state index contributed by atoms with van der Waals surface area (Å²) in [4.78, 5) is 18.0. The van der Waals surface area contributed by atoms with Crippen molar-refractivity contribution in [3.05, 3.63) is 11.7 Å². The first-order chi connectivity index (χ1) is 8.29. The standard InChI is InChI=1S/C11H17N3O2S/c1-2-9-12-10(16-13-9)3-4-11(15)14-5-7-17-8-6-14/h2-8H2,1H3. The van der Waals surface area contributed by atoms with Gasteiger partial charge in [0, 0.05) is 43.9 Å². The van der Waals surface area contributed by atoms with E-state index >= 15 is 0 Å². The molecule has 0 aromatic carbocycles. The third kappa shape index (κ3) is 3.46. The van der Waals surface area contributed by atoms with Crippen LogP contribution in [0.1, 0.15) is 25.1 Å². The van der Waals surface area contributed by atoms with Crippen molar-refractivity contribution in [1.29, 1.82) is 0 Å². The Morgan fingerprint density at radius 3 is 2.88 bits per heavy atom. The third-order valence-electron chi connectivity index (χ3n) is 2.74. The van der Waals surface area contributed by atoms with Crippen molar-refractivity contribution in [2.75, 3.05) is 24.6 Å². The molecule has 0 aliphatic carbocycles. The Balaban J connectivity index is 1.78. The van der Waals surface area contributed by atoms with E-state index in [0.29, 0.717) is 24.6 Å². The molecular formula is C11H17N3O2S. The van der Waals surface area contributed by atoms with Crippen LogP contribution in [0.15, 0.2) is 4.52 Å². The van der Waals surface area contributed by atoms with E-state index in [2.05, 4.69) is 10.1 Å². The fourth-order valence-corrected chi connectivity index (χ4v) is 2.62. The first-order valence-electron chi connectivity index (χ1n) is 5.96. The van der Waals surface area contributed by atoms with Crippen molar-refractivity contribution in [3.8, 4) is 0 Å². The minimum Gasteiger partial charge on any atom is -0.341 e. The normalized spacial score (nSPS) is 16.2. The van der Waals surface area contributed by atoms with Crippen LogP contribution in [0.25, 0.3) is 0 Å². The number of nitrogens with zero attached hydrogens (tertiary/aromatic N) is 3. The van der Waals surface area contributed by atoms with Gasteiger partial charge in [0.15, 0.2) is 5.82 Å². The summed E-state index contributed by atoms with van der Waals surface area (Å²) in [6.07, 6.45) is 1.78. The van der Waals surface area contributed by atoms with Crippen LogP contribution in [-0.4, -0.2) is 45.5 Å². The minimum absolute atomic E-state index is 0.196. The van der Waals surface area contributed by atoms with Crippen molar-refractivity contribution in [1.82, 2.24) is 15.0 Å². The number of carbonyl (C=O) groups is 1. The zero-order chi connectivity index (χ0) is 12.1. The Morgan fingerprint density at radius 1 is 1.47 bits per heavy atom.